The van der Waals surface area contributed by atoms with Crippen LogP contribution in [0.25, 0.3) is 0 Å². The fourth-order valence-corrected chi connectivity index (χ4v) is 3.78. The summed E-state index contributed by atoms with van der Waals surface area (Å²) in [6.45, 7) is 7.47. The van der Waals surface area contributed by atoms with Crippen molar-refractivity contribution in [2.45, 2.75) is 19.5 Å². The molecule has 1 aromatic carbocycles. The molecule has 1 atom stereocenters. The molecule has 1 aliphatic heterocycles. The quantitative estimate of drug-likeness (QED) is 0.876. The number of benzene rings is 1. The molecule has 0 radical (unpaired) electrons. The van der Waals surface area contributed by atoms with Gasteiger partial charge in [-0.1, -0.05) is 36.4 Å². The molecule has 1 N–H and O–H groups in total. The molecule has 5 heteroatoms. The lowest BCUT2D eigenvalue weighted by atomic mass is 10.2. The summed E-state index contributed by atoms with van der Waals surface area (Å²) in [7, 11) is 0. The number of amides is 1. The molecule has 1 amide bonds. The minimum atomic E-state index is 0.0943. The number of nitrogens with one attached hydrogen (secondary N) is 1. The summed E-state index contributed by atoms with van der Waals surface area (Å²) in [5.41, 5.74) is 1.36. The van der Waals surface area contributed by atoms with Crippen molar-refractivity contribution in [3.05, 3.63) is 58.3 Å². The molecular weight excluding hydrogens is 318 g/mol. The first kappa shape index (κ1) is 17.1. The van der Waals surface area contributed by atoms with E-state index in [1.165, 1.54) is 10.4 Å². The SMILES string of the molecule is CC(NC(=O)CN1CCN(Cc2ccccc2)CC1)c1cccs1. The Bertz CT molecular complexity index is 621. The highest BCUT2D eigenvalue weighted by molar-refractivity contribution is 7.10. The average Bonchev–Trinajstić information content (AvgIpc) is 3.12. The normalized spacial score (nSPS) is 17.5. The second kappa shape index (κ2) is 8.42. The Morgan fingerprint density at radius 3 is 2.46 bits per heavy atom. The van der Waals surface area contributed by atoms with Gasteiger partial charge in [0, 0.05) is 37.6 Å². The van der Waals surface area contributed by atoms with Crippen molar-refractivity contribution in [3.8, 4) is 0 Å². The first-order valence-corrected chi connectivity index (χ1v) is 9.40. The summed E-state index contributed by atoms with van der Waals surface area (Å²) in [5.74, 6) is 0.118. The summed E-state index contributed by atoms with van der Waals surface area (Å²) in [6.07, 6.45) is 0. The maximum absolute atomic E-state index is 12.2. The largest absolute Gasteiger partial charge is 0.348 e. The lowest BCUT2D eigenvalue weighted by molar-refractivity contribution is -0.123. The molecule has 1 saturated heterocycles. The first-order chi connectivity index (χ1) is 11.7. The van der Waals surface area contributed by atoms with Crippen LogP contribution in [-0.2, 0) is 11.3 Å². The van der Waals surface area contributed by atoms with Gasteiger partial charge in [-0.2, -0.15) is 0 Å². The van der Waals surface area contributed by atoms with Crippen molar-refractivity contribution < 1.29 is 4.79 Å². The highest BCUT2D eigenvalue weighted by Crippen LogP contribution is 2.18. The predicted octanol–water partition coefficient (Wildman–Crippen LogP) is 2.74. The van der Waals surface area contributed by atoms with E-state index >= 15 is 0 Å². The van der Waals surface area contributed by atoms with Gasteiger partial charge >= 0.3 is 0 Å². The number of piperazine rings is 1. The van der Waals surface area contributed by atoms with Crippen LogP contribution in [0, 0.1) is 0 Å². The highest BCUT2D eigenvalue weighted by atomic mass is 32.1. The minimum absolute atomic E-state index is 0.0943. The second-order valence-electron chi connectivity index (χ2n) is 6.34. The zero-order valence-corrected chi connectivity index (χ0v) is 15.0. The van der Waals surface area contributed by atoms with Crippen molar-refractivity contribution in [1.29, 1.82) is 0 Å². The zero-order valence-electron chi connectivity index (χ0n) is 14.1. The van der Waals surface area contributed by atoms with Crippen LogP contribution in [0.1, 0.15) is 23.4 Å². The van der Waals surface area contributed by atoms with Crippen molar-refractivity contribution in [2.24, 2.45) is 0 Å². The maximum Gasteiger partial charge on any atom is 0.234 e. The molecule has 1 aliphatic rings. The molecule has 0 aliphatic carbocycles. The number of rotatable bonds is 6. The van der Waals surface area contributed by atoms with Gasteiger partial charge < -0.3 is 5.32 Å². The predicted molar refractivity (Wildman–Crippen MR) is 99.0 cm³/mol. The van der Waals surface area contributed by atoms with Crippen molar-refractivity contribution in [3.63, 3.8) is 0 Å². The standard InChI is InChI=1S/C19H25N3OS/c1-16(18-8-5-13-24-18)20-19(23)15-22-11-9-21(10-12-22)14-17-6-3-2-4-7-17/h2-8,13,16H,9-12,14-15H2,1H3,(H,20,23). The molecule has 3 rings (SSSR count). The van der Waals surface area contributed by atoms with Crippen LogP contribution in [0.4, 0.5) is 0 Å². The third kappa shape index (κ3) is 4.90. The fraction of sp³-hybridized carbons (Fsp3) is 0.421. The van der Waals surface area contributed by atoms with E-state index in [2.05, 4.69) is 51.5 Å². The molecule has 4 nitrogen and oxygen atoms in total. The van der Waals surface area contributed by atoms with E-state index in [0.29, 0.717) is 6.54 Å². The number of thiophene rings is 1. The number of carbonyl (C=O) groups excluding carboxylic acids is 1. The fourth-order valence-electron chi connectivity index (χ4n) is 3.05. The monoisotopic (exact) mass is 343 g/mol. The summed E-state index contributed by atoms with van der Waals surface area (Å²) in [5, 5.41) is 5.14. The Morgan fingerprint density at radius 2 is 1.79 bits per heavy atom. The molecule has 0 spiro atoms. The number of carbonyl (C=O) groups is 1. The minimum Gasteiger partial charge on any atom is -0.348 e. The van der Waals surface area contributed by atoms with Gasteiger partial charge in [0.1, 0.15) is 0 Å². The van der Waals surface area contributed by atoms with Crippen LogP contribution >= 0.6 is 11.3 Å². The van der Waals surface area contributed by atoms with Crippen LogP contribution < -0.4 is 5.32 Å². The van der Waals surface area contributed by atoms with E-state index in [9.17, 15) is 4.79 Å². The molecule has 128 valence electrons. The summed E-state index contributed by atoms with van der Waals surface area (Å²) >= 11 is 1.69. The van der Waals surface area contributed by atoms with Crippen molar-refractivity contribution >= 4 is 17.2 Å². The maximum atomic E-state index is 12.2. The molecular formula is C19H25N3OS. The van der Waals surface area contributed by atoms with Crippen LogP contribution in [0.5, 0.6) is 0 Å². The van der Waals surface area contributed by atoms with Crippen LogP contribution in [0.15, 0.2) is 47.8 Å². The van der Waals surface area contributed by atoms with E-state index in [0.717, 1.165) is 32.7 Å². The molecule has 2 aromatic rings. The molecule has 1 unspecified atom stereocenters. The smallest absolute Gasteiger partial charge is 0.234 e. The summed E-state index contributed by atoms with van der Waals surface area (Å²) in [6, 6.07) is 14.8. The Morgan fingerprint density at radius 1 is 1.08 bits per heavy atom. The van der Waals surface area contributed by atoms with Crippen molar-refractivity contribution in [1.82, 2.24) is 15.1 Å². The van der Waals surface area contributed by atoms with E-state index in [1.807, 2.05) is 18.4 Å². The van der Waals surface area contributed by atoms with Crippen LogP contribution in [0.2, 0.25) is 0 Å². The first-order valence-electron chi connectivity index (χ1n) is 8.52. The molecule has 0 bridgehead atoms. The Labute approximate surface area is 148 Å². The van der Waals surface area contributed by atoms with Crippen molar-refractivity contribution in [2.75, 3.05) is 32.7 Å². The van der Waals surface area contributed by atoms with Crippen LogP contribution in [0.3, 0.4) is 0 Å². The van der Waals surface area contributed by atoms with E-state index in [-0.39, 0.29) is 11.9 Å². The summed E-state index contributed by atoms with van der Waals surface area (Å²) in [4.78, 5) is 18.1. The van der Waals surface area contributed by atoms with Gasteiger partial charge in [-0.05, 0) is 23.9 Å². The summed E-state index contributed by atoms with van der Waals surface area (Å²) < 4.78 is 0. The Kier molecular flexibility index (Phi) is 6.01. The molecule has 24 heavy (non-hydrogen) atoms. The number of nitrogens with zero attached hydrogens (tertiary/aromatic N) is 2. The lowest BCUT2D eigenvalue weighted by Crippen LogP contribution is -2.49. The third-order valence-corrected chi connectivity index (χ3v) is 5.48. The second-order valence-corrected chi connectivity index (χ2v) is 7.32. The van der Waals surface area contributed by atoms with Crippen LogP contribution in [-0.4, -0.2) is 48.4 Å². The van der Waals surface area contributed by atoms with Gasteiger partial charge in [-0.25, -0.2) is 0 Å². The van der Waals surface area contributed by atoms with E-state index in [4.69, 9.17) is 0 Å². The lowest BCUT2D eigenvalue weighted by Gasteiger charge is -2.34. The molecule has 2 heterocycles. The van der Waals surface area contributed by atoms with Gasteiger partial charge in [0.2, 0.25) is 5.91 Å². The van der Waals surface area contributed by atoms with Gasteiger partial charge in [0.15, 0.2) is 0 Å². The van der Waals surface area contributed by atoms with Gasteiger partial charge in [-0.15, -0.1) is 11.3 Å². The van der Waals surface area contributed by atoms with Gasteiger partial charge in [0.25, 0.3) is 0 Å². The Hall–Kier alpha value is -1.69. The van der Waals surface area contributed by atoms with E-state index in [1.54, 1.807) is 11.3 Å². The highest BCUT2D eigenvalue weighted by Gasteiger charge is 2.20. The number of hydrogen-bond acceptors (Lipinski definition) is 4. The number of hydrogen-bond donors (Lipinski definition) is 1. The zero-order chi connectivity index (χ0) is 16.8. The topological polar surface area (TPSA) is 35.6 Å². The van der Waals surface area contributed by atoms with E-state index < -0.39 is 0 Å². The molecule has 1 aromatic heterocycles. The third-order valence-electron chi connectivity index (χ3n) is 4.43. The Balaban J connectivity index is 1.39. The molecule has 1 fully saturated rings. The van der Waals surface area contributed by atoms with Gasteiger partial charge in [-0.3, -0.25) is 14.6 Å². The van der Waals surface area contributed by atoms with Gasteiger partial charge in [0.05, 0.1) is 12.6 Å². The average molecular weight is 343 g/mol. The molecule has 0 saturated carbocycles.